The van der Waals surface area contributed by atoms with Crippen LogP contribution in [0.3, 0.4) is 0 Å². The molecule has 136 valence electrons. The zero-order valence-corrected chi connectivity index (χ0v) is 16.9. The number of aromatic nitrogens is 2. The summed E-state index contributed by atoms with van der Waals surface area (Å²) < 4.78 is 0. The van der Waals surface area contributed by atoms with Gasteiger partial charge in [0, 0.05) is 15.5 Å². The molecule has 1 aliphatic carbocycles. The van der Waals surface area contributed by atoms with Crippen molar-refractivity contribution in [2.75, 3.05) is 11.6 Å². The summed E-state index contributed by atoms with van der Waals surface area (Å²) in [7, 11) is 0. The first-order valence-corrected chi connectivity index (χ1v) is 11.0. The number of fused-ring (bicyclic) bond motifs is 3. The number of thiophene rings is 1. The second-order valence-electron chi connectivity index (χ2n) is 7.08. The fraction of sp³-hybridized carbons (Fsp3) is 0.400. The molecule has 0 amide bonds. The largest absolute Gasteiger partial charge is 0.375 e. The van der Waals surface area contributed by atoms with E-state index in [2.05, 4.69) is 35.6 Å². The van der Waals surface area contributed by atoms with Crippen LogP contribution < -0.4 is 10.9 Å². The number of H-pyrrole nitrogens is 1. The summed E-state index contributed by atoms with van der Waals surface area (Å²) in [5.41, 5.74) is 2.27. The van der Waals surface area contributed by atoms with Gasteiger partial charge in [-0.05, 0) is 62.1 Å². The van der Waals surface area contributed by atoms with Crippen LogP contribution in [0.25, 0.3) is 10.2 Å². The van der Waals surface area contributed by atoms with E-state index in [1.807, 2.05) is 19.1 Å². The molecule has 0 fully saturated rings. The lowest BCUT2D eigenvalue weighted by Crippen LogP contribution is -2.18. The molecule has 0 radical (unpaired) electrons. The molecular formula is C20H23N3OS2. The first-order valence-electron chi connectivity index (χ1n) is 9.00. The van der Waals surface area contributed by atoms with Gasteiger partial charge in [-0.15, -0.1) is 23.1 Å². The van der Waals surface area contributed by atoms with E-state index in [0.717, 1.165) is 35.2 Å². The van der Waals surface area contributed by atoms with Crippen LogP contribution in [0, 0.1) is 5.92 Å². The minimum Gasteiger partial charge on any atom is -0.375 e. The van der Waals surface area contributed by atoms with E-state index in [0.29, 0.717) is 11.7 Å². The van der Waals surface area contributed by atoms with Crippen molar-refractivity contribution in [3.63, 3.8) is 0 Å². The second kappa shape index (κ2) is 7.08. The molecule has 0 saturated carbocycles. The second-order valence-corrected chi connectivity index (χ2v) is 9.04. The lowest BCUT2D eigenvalue weighted by atomic mass is 9.89. The van der Waals surface area contributed by atoms with E-state index in [-0.39, 0.29) is 11.6 Å². The van der Waals surface area contributed by atoms with Gasteiger partial charge in [0.15, 0.2) is 0 Å². The molecule has 2 atom stereocenters. The van der Waals surface area contributed by atoms with E-state index in [4.69, 9.17) is 4.98 Å². The Morgan fingerprint density at radius 1 is 1.42 bits per heavy atom. The van der Waals surface area contributed by atoms with Gasteiger partial charge in [-0.3, -0.25) is 4.79 Å². The maximum absolute atomic E-state index is 12.8. The Hall–Kier alpha value is -1.79. The van der Waals surface area contributed by atoms with Crippen LogP contribution in [-0.2, 0) is 12.8 Å². The molecule has 4 rings (SSSR count). The minimum absolute atomic E-state index is 0.00330. The van der Waals surface area contributed by atoms with Crippen molar-refractivity contribution in [2.24, 2.45) is 5.92 Å². The van der Waals surface area contributed by atoms with E-state index in [1.54, 1.807) is 23.1 Å². The number of hydrogen-bond acceptors (Lipinski definition) is 5. The van der Waals surface area contributed by atoms with Crippen LogP contribution in [0.1, 0.15) is 42.6 Å². The highest BCUT2D eigenvalue weighted by molar-refractivity contribution is 7.98. The minimum atomic E-state index is -0.0674. The summed E-state index contributed by atoms with van der Waals surface area (Å²) in [6, 6.07) is 8.21. The summed E-state index contributed by atoms with van der Waals surface area (Å²) in [6.07, 6.45) is 5.29. The highest BCUT2D eigenvalue weighted by Crippen LogP contribution is 2.36. The van der Waals surface area contributed by atoms with Crippen LogP contribution in [0.15, 0.2) is 34.0 Å². The number of rotatable bonds is 4. The van der Waals surface area contributed by atoms with Gasteiger partial charge in [0.25, 0.3) is 5.56 Å². The molecule has 0 unspecified atom stereocenters. The van der Waals surface area contributed by atoms with E-state index in [1.165, 1.54) is 15.3 Å². The van der Waals surface area contributed by atoms with Crippen molar-refractivity contribution in [1.29, 1.82) is 0 Å². The molecule has 2 N–H and O–H groups in total. The first kappa shape index (κ1) is 17.6. The van der Waals surface area contributed by atoms with Gasteiger partial charge in [-0.2, -0.15) is 0 Å². The van der Waals surface area contributed by atoms with Crippen molar-refractivity contribution in [2.45, 2.75) is 44.0 Å². The van der Waals surface area contributed by atoms with Gasteiger partial charge in [-0.1, -0.05) is 13.0 Å². The standard InChI is InChI=1S/C20H23N3OS2/c1-11-7-8-15-16(9-11)26-20-17(15)19(24)22-18(23-20)12(2)21-13-5-4-6-14(10-13)25-3/h4-6,10-12,21H,7-9H2,1-3H3,(H,22,23,24)/t11-,12-/m1/s1. The third kappa shape index (κ3) is 3.28. The third-order valence-corrected chi connectivity index (χ3v) is 6.92. The average molecular weight is 386 g/mol. The molecular weight excluding hydrogens is 362 g/mol. The molecule has 3 aromatic rings. The SMILES string of the molecule is CSc1cccc(N[C@H](C)c2nc3sc4c(c3c(=O)[nH]2)CC[C@@H](C)C4)c1. The zero-order chi connectivity index (χ0) is 18.3. The number of hydrogen-bond donors (Lipinski definition) is 2. The first-order chi connectivity index (χ1) is 12.5. The lowest BCUT2D eigenvalue weighted by Gasteiger charge is -2.17. The maximum atomic E-state index is 12.8. The molecule has 0 bridgehead atoms. The Morgan fingerprint density at radius 2 is 2.27 bits per heavy atom. The fourth-order valence-corrected chi connectivity index (χ4v) is 5.45. The van der Waals surface area contributed by atoms with Crippen LogP contribution in [0.2, 0.25) is 0 Å². The molecule has 0 spiro atoms. The van der Waals surface area contributed by atoms with Crippen molar-refractivity contribution in [1.82, 2.24) is 9.97 Å². The van der Waals surface area contributed by atoms with Gasteiger partial charge < -0.3 is 10.3 Å². The fourth-order valence-electron chi connectivity index (χ4n) is 3.60. The number of thioether (sulfide) groups is 1. The molecule has 26 heavy (non-hydrogen) atoms. The van der Waals surface area contributed by atoms with Gasteiger partial charge in [0.1, 0.15) is 10.7 Å². The van der Waals surface area contributed by atoms with Crippen LogP contribution in [-0.4, -0.2) is 16.2 Å². The van der Waals surface area contributed by atoms with Crippen molar-refractivity contribution in [3.8, 4) is 0 Å². The Bertz CT molecular complexity index is 1010. The van der Waals surface area contributed by atoms with Gasteiger partial charge >= 0.3 is 0 Å². The molecule has 0 aliphatic heterocycles. The normalized spacial score (nSPS) is 17.9. The van der Waals surface area contributed by atoms with Crippen molar-refractivity contribution < 1.29 is 0 Å². The molecule has 1 aromatic carbocycles. The van der Waals surface area contributed by atoms with Gasteiger partial charge in [-0.25, -0.2) is 4.98 Å². The lowest BCUT2D eigenvalue weighted by molar-refractivity contribution is 0.509. The van der Waals surface area contributed by atoms with E-state index >= 15 is 0 Å². The number of benzene rings is 1. The Kier molecular flexibility index (Phi) is 4.80. The highest BCUT2D eigenvalue weighted by Gasteiger charge is 2.23. The summed E-state index contributed by atoms with van der Waals surface area (Å²) in [5, 5.41) is 4.27. The predicted molar refractivity (Wildman–Crippen MR) is 112 cm³/mol. The molecule has 4 nitrogen and oxygen atoms in total. The van der Waals surface area contributed by atoms with Crippen molar-refractivity contribution in [3.05, 3.63) is 50.9 Å². The molecule has 2 aromatic heterocycles. The molecule has 0 saturated heterocycles. The monoisotopic (exact) mass is 385 g/mol. The third-order valence-electron chi connectivity index (χ3n) is 5.05. The quantitative estimate of drug-likeness (QED) is 0.620. The maximum Gasteiger partial charge on any atom is 0.259 e. The number of aryl methyl sites for hydroxylation is 1. The van der Waals surface area contributed by atoms with Crippen LogP contribution in [0.4, 0.5) is 5.69 Å². The molecule has 1 aliphatic rings. The van der Waals surface area contributed by atoms with Crippen LogP contribution in [0.5, 0.6) is 0 Å². The smallest absolute Gasteiger partial charge is 0.259 e. The average Bonchev–Trinajstić information content (AvgIpc) is 2.99. The summed E-state index contributed by atoms with van der Waals surface area (Å²) in [6.45, 7) is 4.32. The zero-order valence-electron chi connectivity index (χ0n) is 15.3. The van der Waals surface area contributed by atoms with Gasteiger partial charge in [0.2, 0.25) is 0 Å². The summed E-state index contributed by atoms with van der Waals surface area (Å²) in [4.78, 5) is 24.0. The number of nitrogens with zero attached hydrogens (tertiary/aromatic N) is 1. The van der Waals surface area contributed by atoms with Crippen molar-refractivity contribution >= 4 is 39.0 Å². The number of nitrogens with one attached hydrogen (secondary N) is 2. The summed E-state index contributed by atoms with van der Waals surface area (Å²) in [5.74, 6) is 1.39. The predicted octanol–water partition coefficient (Wildman–Crippen LogP) is 5.00. The Labute approximate surface area is 161 Å². The number of anilines is 1. The number of aromatic amines is 1. The Balaban J connectivity index is 1.67. The van der Waals surface area contributed by atoms with E-state index < -0.39 is 0 Å². The van der Waals surface area contributed by atoms with Gasteiger partial charge in [0.05, 0.1) is 11.4 Å². The highest BCUT2D eigenvalue weighted by atomic mass is 32.2. The molecule has 6 heteroatoms. The summed E-state index contributed by atoms with van der Waals surface area (Å²) >= 11 is 3.41. The molecule has 2 heterocycles. The van der Waals surface area contributed by atoms with E-state index in [9.17, 15) is 4.79 Å². The van der Waals surface area contributed by atoms with Crippen LogP contribution >= 0.6 is 23.1 Å². The Morgan fingerprint density at radius 3 is 3.08 bits per heavy atom. The topological polar surface area (TPSA) is 57.8 Å².